The van der Waals surface area contributed by atoms with Gasteiger partial charge in [0.25, 0.3) is 0 Å². The molecule has 2 heterocycles. The van der Waals surface area contributed by atoms with Crippen LogP contribution in [0.1, 0.15) is 28.0 Å². The van der Waals surface area contributed by atoms with Gasteiger partial charge >= 0.3 is 5.97 Å². The van der Waals surface area contributed by atoms with Gasteiger partial charge in [0.2, 0.25) is 10.0 Å². The molecule has 0 aliphatic carbocycles. The number of rotatable bonds is 7. The lowest BCUT2D eigenvalue weighted by molar-refractivity contribution is 0.0468. The van der Waals surface area contributed by atoms with Crippen molar-refractivity contribution in [1.82, 2.24) is 9.29 Å². The van der Waals surface area contributed by atoms with Crippen LogP contribution in [0.25, 0.3) is 0 Å². The van der Waals surface area contributed by atoms with Gasteiger partial charge in [-0.05, 0) is 24.6 Å². The second-order valence-corrected chi connectivity index (χ2v) is 8.89. The molecule has 1 aromatic carbocycles. The Morgan fingerprint density at radius 3 is 2.71 bits per heavy atom. The molecule has 0 radical (unpaired) electrons. The highest BCUT2D eigenvalue weighted by Crippen LogP contribution is 2.28. The van der Waals surface area contributed by atoms with Crippen LogP contribution in [0.2, 0.25) is 0 Å². The number of ether oxygens (including phenoxy) is 3. The van der Waals surface area contributed by atoms with Crippen LogP contribution in [0.4, 0.5) is 0 Å². The largest absolute Gasteiger partial charge is 0.495 e. The topological polar surface area (TPSA) is 95.0 Å². The van der Waals surface area contributed by atoms with E-state index in [9.17, 15) is 13.2 Å². The molecule has 1 aromatic heterocycles. The minimum absolute atomic E-state index is 0.0346. The van der Waals surface area contributed by atoms with Gasteiger partial charge in [-0.1, -0.05) is 6.92 Å². The second kappa shape index (κ2) is 8.99. The van der Waals surface area contributed by atoms with Crippen LogP contribution >= 0.6 is 11.3 Å². The molecule has 1 aliphatic heterocycles. The smallest absolute Gasteiger partial charge is 0.338 e. The predicted octanol–water partition coefficient (Wildman–Crippen LogP) is 2.09. The molecular weight excluding hydrogens is 404 g/mol. The number of carbonyl (C=O) groups is 1. The van der Waals surface area contributed by atoms with Crippen molar-refractivity contribution in [2.24, 2.45) is 0 Å². The molecule has 2 aromatic rings. The first-order chi connectivity index (χ1) is 13.5. The molecule has 0 spiro atoms. The molecule has 0 atom stereocenters. The molecule has 10 heteroatoms. The van der Waals surface area contributed by atoms with Crippen molar-refractivity contribution < 1.29 is 27.4 Å². The van der Waals surface area contributed by atoms with E-state index in [2.05, 4.69) is 4.98 Å². The summed E-state index contributed by atoms with van der Waals surface area (Å²) in [6.07, 6.45) is 0.819. The lowest BCUT2D eigenvalue weighted by Gasteiger charge is -2.26. The Labute approximate surface area is 168 Å². The van der Waals surface area contributed by atoms with Gasteiger partial charge in [0, 0.05) is 18.5 Å². The van der Waals surface area contributed by atoms with Crippen molar-refractivity contribution in [3.8, 4) is 5.75 Å². The first-order valence-corrected chi connectivity index (χ1v) is 11.1. The Morgan fingerprint density at radius 2 is 2.07 bits per heavy atom. The van der Waals surface area contributed by atoms with Gasteiger partial charge in [-0.2, -0.15) is 4.31 Å². The highest BCUT2D eigenvalue weighted by atomic mass is 32.2. The van der Waals surface area contributed by atoms with Gasteiger partial charge in [-0.25, -0.2) is 18.2 Å². The summed E-state index contributed by atoms with van der Waals surface area (Å²) >= 11 is 1.51. The van der Waals surface area contributed by atoms with E-state index in [1.54, 1.807) is 0 Å². The van der Waals surface area contributed by atoms with E-state index in [-0.39, 0.29) is 35.9 Å². The van der Waals surface area contributed by atoms with Gasteiger partial charge in [0.1, 0.15) is 17.3 Å². The maximum atomic E-state index is 13.0. The highest BCUT2D eigenvalue weighted by molar-refractivity contribution is 7.89. The van der Waals surface area contributed by atoms with E-state index < -0.39 is 16.0 Å². The molecule has 28 heavy (non-hydrogen) atoms. The van der Waals surface area contributed by atoms with Crippen LogP contribution in [0, 0.1) is 0 Å². The van der Waals surface area contributed by atoms with E-state index in [1.807, 2.05) is 12.3 Å². The minimum atomic E-state index is -3.82. The summed E-state index contributed by atoms with van der Waals surface area (Å²) < 4.78 is 43.0. The molecule has 3 rings (SSSR count). The number of esters is 1. The molecule has 8 nitrogen and oxygen atoms in total. The molecule has 1 saturated heterocycles. The first-order valence-electron chi connectivity index (χ1n) is 8.82. The number of sulfonamides is 1. The summed E-state index contributed by atoms with van der Waals surface area (Å²) in [6, 6.07) is 4.24. The molecule has 1 fully saturated rings. The number of thiazole rings is 1. The van der Waals surface area contributed by atoms with Crippen molar-refractivity contribution >= 4 is 27.3 Å². The molecule has 1 aliphatic rings. The molecule has 152 valence electrons. The summed E-state index contributed by atoms with van der Waals surface area (Å²) in [4.78, 5) is 16.7. The summed E-state index contributed by atoms with van der Waals surface area (Å²) in [5.41, 5.74) is 0.809. The monoisotopic (exact) mass is 426 g/mol. The fourth-order valence-corrected chi connectivity index (χ4v) is 5.05. The number of carbonyl (C=O) groups excluding carboxylic acids is 1. The maximum absolute atomic E-state index is 13.0. The standard InChI is InChI=1S/C18H22N2O6S2/c1-3-17-19-14(12-27-17)11-26-18(21)13-4-5-15(24-2)16(10-13)28(22,23)20-6-8-25-9-7-20/h4-5,10,12H,3,6-9,11H2,1-2H3. The third-order valence-electron chi connectivity index (χ3n) is 4.24. The minimum Gasteiger partial charge on any atom is -0.495 e. The lowest BCUT2D eigenvalue weighted by atomic mass is 10.2. The lowest BCUT2D eigenvalue weighted by Crippen LogP contribution is -2.40. The zero-order chi connectivity index (χ0) is 20.1. The summed E-state index contributed by atoms with van der Waals surface area (Å²) in [5.74, 6) is -0.442. The quantitative estimate of drug-likeness (QED) is 0.626. The van der Waals surface area contributed by atoms with Gasteiger partial charge in [0.15, 0.2) is 0 Å². The normalized spacial score (nSPS) is 15.4. The number of morpholine rings is 1. The van der Waals surface area contributed by atoms with Crippen LogP contribution in [0.5, 0.6) is 5.75 Å². The zero-order valence-corrected chi connectivity index (χ0v) is 17.3. The fraction of sp³-hybridized carbons (Fsp3) is 0.444. The van der Waals surface area contributed by atoms with Gasteiger partial charge in [-0.15, -0.1) is 11.3 Å². The van der Waals surface area contributed by atoms with Crippen molar-refractivity contribution in [3.05, 3.63) is 39.8 Å². The summed E-state index contributed by atoms with van der Waals surface area (Å²) in [5, 5.41) is 2.81. The van der Waals surface area contributed by atoms with Crippen LogP contribution < -0.4 is 4.74 Å². The van der Waals surface area contributed by atoms with Crippen molar-refractivity contribution in [3.63, 3.8) is 0 Å². The van der Waals surface area contributed by atoms with E-state index in [0.717, 1.165) is 11.4 Å². The van der Waals surface area contributed by atoms with E-state index in [0.29, 0.717) is 18.9 Å². The van der Waals surface area contributed by atoms with Crippen molar-refractivity contribution in [2.45, 2.75) is 24.8 Å². The van der Waals surface area contributed by atoms with Crippen LogP contribution in [-0.4, -0.2) is 57.1 Å². The summed E-state index contributed by atoms with van der Waals surface area (Å²) in [7, 11) is -2.43. The first kappa shape index (κ1) is 20.7. The van der Waals surface area contributed by atoms with E-state index in [1.165, 1.54) is 41.0 Å². The average molecular weight is 427 g/mol. The number of aromatic nitrogens is 1. The predicted molar refractivity (Wildman–Crippen MR) is 103 cm³/mol. The van der Waals surface area contributed by atoms with Crippen molar-refractivity contribution in [1.29, 1.82) is 0 Å². The van der Waals surface area contributed by atoms with Gasteiger partial charge in [-0.3, -0.25) is 0 Å². The Hall–Kier alpha value is -2.01. The Morgan fingerprint density at radius 1 is 1.32 bits per heavy atom. The Balaban J connectivity index is 1.80. The number of aryl methyl sites for hydroxylation is 1. The Kier molecular flexibility index (Phi) is 6.65. The van der Waals surface area contributed by atoms with Crippen molar-refractivity contribution in [2.75, 3.05) is 33.4 Å². The molecule has 0 saturated carbocycles. The molecule has 0 bridgehead atoms. The maximum Gasteiger partial charge on any atom is 0.338 e. The number of methoxy groups -OCH3 is 1. The second-order valence-electron chi connectivity index (χ2n) is 6.04. The zero-order valence-electron chi connectivity index (χ0n) is 15.7. The van der Waals surface area contributed by atoms with Gasteiger partial charge < -0.3 is 14.2 Å². The SMILES string of the molecule is CCc1nc(COC(=O)c2ccc(OC)c(S(=O)(=O)N3CCOCC3)c2)cs1. The van der Waals surface area contributed by atoms with Crippen LogP contribution in [0.3, 0.4) is 0 Å². The molecular formula is C18H22N2O6S2. The van der Waals surface area contributed by atoms with E-state index in [4.69, 9.17) is 14.2 Å². The molecule has 0 amide bonds. The van der Waals surface area contributed by atoms with Crippen LogP contribution in [0.15, 0.2) is 28.5 Å². The third kappa shape index (κ3) is 4.52. The number of benzene rings is 1. The van der Waals surface area contributed by atoms with Gasteiger partial charge in [0.05, 0.1) is 36.6 Å². The number of hydrogen-bond acceptors (Lipinski definition) is 8. The van der Waals surface area contributed by atoms with Crippen LogP contribution in [-0.2, 0) is 32.5 Å². The molecule has 0 N–H and O–H groups in total. The summed E-state index contributed by atoms with van der Waals surface area (Å²) in [6.45, 7) is 3.20. The third-order valence-corrected chi connectivity index (χ3v) is 7.20. The average Bonchev–Trinajstić information content (AvgIpc) is 3.20. The number of nitrogens with zero attached hydrogens (tertiary/aromatic N) is 2. The number of hydrogen-bond donors (Lipinski definition) is 0. The van der Waals surface area contributed by atoms with E-state index >= 15 is 0 Å². The fourth-order valence-electron chi connectivity index (χ4n) is 2.73. The highest BCUT2D eigenvalue weighted by Gasteiger charge is 2.30. The Bertz CT molecular complexity index is 935. The molecule has 0 unspecified atom stereocenters.